The summed E-state index contributed by atoms with van der Waals surface area (Å²) in [5.41, 5.74) is 0. The molecule has 0 unspecified atom stereocenters. The summed E-state index contributed by atoms with van der Waals surface area (Å²) in [5.74, 6) is 0. The van der Waals surface area contributed by atoms with Crippen LogP contribution in [0, 0.1) is 0 Å². The van der Waals surface area contributed by atoms with Gasteiger partial charge in [0.25, 0.3) is 0 Å². The van der Waals surface area contributed by atoms with Gasteiger partial charge < -0.3 is 27.2 Å². The fourth-order valence-corrected chi connectivity index (χ4v) is 3.29. The van der Waals surface area contributed by atoms with Crippen molar-refractivity contribution in [2.24, 2.45) is 0 Å². The Bertz CT molecular complexity index is 236. The third-order valence-electron chi connectivity index (χ3n) is 4.83. The van der Waals surface area contributed by atoms with E-state index in [2.05, 4.69) is 12.2 Å². The highest BCUT2D eigenvalue weighted by atomic mass is 35.5. The van der Waals surface area contributed by atoms with Crippen molar-refractivity contribution in [3.63, 3.8) is 0 Å². The molecular formula is C22H48ClNO2. The van der Waals surface area contributed by atoms with Crippen molar-refractivity contribution in [1.82, 2.24) is 0 Å². The second-order valence-electron chi connectivity index (χ2n) is 7.25. The Morgan fingerprint density at radius 2 is 0.962 bits per heavy atom. The number of quaternary nitrogens is 1. The van der Waals surface area contributed by atoms with Crippen LogP contribution in [-0.2, 0) is 9.47 Å². The standard InChI is InChI=1S/C22H47NO2.ClH/c1-4-7-8-9-10-11-12-13-14-15-16-17-18-19-20-23-21-22(24-5-2)25-6-3;/h22-23H,4-21H2,1-3H3;1H. The van der Waals surface area contributed by atoms with Crippen molar-refractivity contribution < 1.29 is 27.2 Å². The minimum absolute atomic E-state index is 0. The fraction of sp³-hybridized carbons (Fsp3) is 1.00. The molecule has 0 radical (unpaired) electrons. The van der Waals surface area contributed by atoms with Crippen LogP contribution in [0.5, 0.6) is 0 Å². The quantitative estimate of drug-likeness (QED) is 0.240. The SMILES string of the molecule is CCCCCCCCCCCCCCCC[NH2+]CC(OCC)OCC.[Cl-]. The average molecular weight is 394 g/mol. The summed E-state index contributed by atoms with van der Waals surface area (Å²) in [6.07, 6.45) is 19.9. The number of hydrogen-bond donors (Lipinski definition) is 1. The molecular weight excluding hydrogens is 346 g/mol. The topological polar surface area (TPSA) is 35.1 Å². The monoisotopic (exact) mass is 393 g/mol. The van der Waals surface area contributed by atoms with E-state index in [1.807, 2.05) is 13.8 Å². The van der Waals surface area contributed by atoms with Gasteiger partial charge in [0, 0.05) is 13.2 Å². The summed E-state index contributed by atoms with van der Waals surface area (Å²) < 4.78 is 11.1. The number of halogens is 1. The largest absolute Gasteiger partial charge is 1.00 e. The molecule has 0 bridgehead atoms. The first-order valence-corrected chi connectivity index (χ1v) is 11.4. The Morgan fingerprint density at radius 3 is 1.35 bits per heavy atom. The molecule has 26 heavy (non-hydrogen) atoms. The highest BCUT2D eigenvalue weighted by Crippen LogP contribution is 2.12. The molecule has 0 amide bonds. The Balaban J connectivity index is 0. The molecule has 0 aromatic heterocycles. The van der Waals surface area contributed by atoms with Crippen molar-refractivity contribution in [2.75, 3.05) is 26.3 Å². The maximum Gasteiger partial charge on any atom is 0.207 e. The zero-order chi connectivity index (χ0) is 18.4. The first-order chi connectivity index (χ1) is 12.3. The molecule has 0 spiro atoms. The lowest BCUT2D eigenvalue weighted by Gasteiger charge is -2.15. The lowest BCUT2D eigenvalue weighted by Crippen LogP contribution is -3.00. The predicted molar refractivity (Wildman–Crippen MR) is 109 cm³/mol. The van der Waals surface area contributed by atoms with Crippen molar-refractivity contribution in [1.29, 1.82) is 0 Å². The van der Waals surface area contributed by atoms with E-state index in [0.29, 0.717) is 0 Å². The van der Waals surface area contributed by atoms with Crippen LogP contribution < -0.4 is 17.7 Å². The number of nitrogens with two attached hydrogens (primary N) is 1. The summed E-state index contributed by atoms with van der Waals surface area (Å²) in [7, 11) is 0. The van der Waals surface area contributed by atoms with E-state index < -0.39 is 0 Å². The van der Waals surface area contributed by atoms with Gasteiger partial charge in [-0.3, -0.25) is 0 Å². The van der Waals surface area contributed by atoms with Crippen LogP contribution in [0.1, 0.15) is 111 Å². The van der Waals surface area contributed by atoms with E-state index in [1.165, 1.54) is 96.4 Å². The van der Waals surface area contributed by atoms with Crippen LogP contribution in [0.15, 0.2) is 0 Å². The highest BCUT2D eigenvalue weighted by Gasteiger charge is 2.08. The van der Waals surface area contributed by atoms with Gasteiger partial charge in [-0.15, -0.1) is 0 Å². The Hall–Kier alpha value is 0.170. The molecule has 0 aliphatic rings. The second kappa shape index (κ2) is 25.2. The molecule has 2 N–H and O–H groups in total. The van der Waals surface area contributed by atoms with Crippen LogP contribution in [-0.4, -0.2) is 32.6 Å². The smallest absolute Gasteiger partial charge is 0.207 e. The molecule has 0 aliphatic carbocycles. The fourth-order valence-electron chi connectivity index (χ4n) is 3.29. The third kappa shape index (κ3) is 22.2. The van der Waals surface area contributed by atoms with Gasteiger partial charge in [-0.05, 0) is 26.7 Å². The van der Waals surface area contributed by atoms with Gasteiger partial charge >= 0.3 is 0 Å². The molecule has 0 rings (SSSR count). The van der Waals surface area contributed by atoms with Gasteiger partial charge in [0.1, 0.15) is 6.54 Å². The van der Waals surface area contributed by atoms with Crippen LogP contribution in [0.3, 0.4) is 0 Å². The molecule has 0 atom stereocenters. The van der Waals surface area contributed by atoms with Crippen LogP contribution in [0.4, 0.5) is 0 Å². The summed E-state index contributed by atoms with van der Waals surface area (Å²) in [6, 6.07) is 0. The van der Waals surface area contributed by atoms with E-state index in [0.717, 1.165) is 19.8 Å². The van der Waals surface area contributed by atoms with Gasteiger partial charge in [-0.1, -0.05) is 84.0 Å². The number of ether oxygens (including phenoxy) is 2. The molecule has 0 heterocycles. The zero-order valence-electron chi connectivity index (χ0n) is 18.1. The molecule has 0 aromatic carbocycles. The molecule has 3 nitrogen and oxygen atoms in total. The van der Waals surface area contributed by atoms with Gasteiger partial charge in [0.15, 0.2) is 0 Å². The minimum atomic E-state index is -0.0263. The van der Waals surface area contributed by atoms with E-state index in [-0.39, 0.29) is 18.7 Å². The molecule has 0 saturated carbocycles. The average Bonchev–Trinajstić information content (AvgIpc) is 2.61. The Morgan fingerprint density at radius 1 is 0.577 bits per heavy atom. The lowest BCUT2D eigenvalue weighted by atomic mass is 10.0. The first kappa shape index (κ1) is 28.4. The van der Waals surface area contributed by atoms with Gasteiger partial charge in [0.2, 0.25) is 6.29 Å². The highest BCUT2D eigenvalue weighted by molar-refractivity contribution is 4.49. The van der Waals surface area contributed by atoms with Crippen molar-refractivity contribution in [3.8, 4) is 0 Å². The van der Waals surface area contributed by atoms with E-state index in [9.17, 15) is 0 Å². The molecule has 0 aromatic rings. The van der Waals surface area contributed by atoms with Crippen molar-refractivity contribution >= 4 is 0 Å². The van der Waals surface area contributed by atoms with E-state index in [4.69, 9.17) is 9.47 Å². The molecule has 0 saturated heterocycles. The minimum Gasteiger partial charge on any atom is -1.00 e. The van der Waals surface area contributed by atoms with Gasteiger partial charge in [0.05, 0.1) is 6.54 Å². The summed E-state index contributed by atoms with van der Waals surface area (Å²) in [4.78, 5) is 0. The molecule has 0 aliphatic heterocycles. The van der Waals surface area contributed by atoms with Crippen molar-refractivity contribution in [3.05, 3.63) is 0 Å². The summed E-state index contributed by atoms with van der Waals surface area (Å²) in [6.45, 7) is 9.95. The predicted octanol–water partition coefficient (Wildman–Crippen LogP) is 2.43. The molecule has 160 valence electrons. The van der Waals surface area contributed by atoms with E-state index in [1.54, 1.807) is 0 Å². The van der Waals surface area contributed by atoms with Crippen LogP contribution in [0.25, 0.3) is 0 Å². The maximum atomic E-state index is 5.55. The Labute approximate surface area is 170 Å². The molecule has 4 heteroatoms. The first-order valence-electron chi connectivity index (χ1n) is 11.4. The van der Waals surface area contributed by atoms with E-state index >= 15 is 0 Å². The van der Waals surface area contributed by atoms with Crippen molar-refractivity contribution in [2.45, 2.75) is 117 Å². The maximum absolute atomic E-state index is 5.55. The van der Waals surface area contributed by atoms with Gasteiger partial charge in [-0.2, -0.15) is 0 Å². The zero-order valence-corrected chi connectivity index (χ0v) is 18.8. The summed E-state index contributed by atoms with van der Waals surface area (Å²) in [5, 5.41) is 2.34. The normalized spacial score (nSPS) is 11.1. The van der Waals surface area contributed by atoms with Crippen LogP contribution >= 0.6 is 0 Å². The number of rotatable bonds is 21. The number of unbranched alkanes of at least 4 members (excludes halogenated alkanes) is 13. The lowest BCUT2D eigenvalue weighted by molar-refractivity contribution is -0.668. The van der Waals surface area contributed by atoms with Gasteiger partial charge in [-0.25, -0.2) is 0 Å². The summed E-state index contributed by atoms with van der Waals surface area (Å²) >= 11 is 0. The van der Waals surface area contributed by atoms with Crippen LogP contribution in [0.2, 0.25) is 0 Å². The Kier molecular flexibility index (Phi) is 27.5. The number of hydrogen-bond acceptors (Lipinski definition) is 2. The molecule has 0 fully saturated rings. The third-order valence-corrected chi connectivity index (χ3v) is 4.83. The second-order valence-corrected chi connectivity index (χ2v) is 7.25.